The van der Waals surface area contributed by atoms with Crippen LogP contribution in [0.5, 0.6) is 0 Å². The first-order valence-electron chi connectivity index (χ1n) is 6.40. The van der Waals surface area contributed by atoms with Gasteiger partial charge in [0.25, 0.3) is 0 Å². The molecule has 1 aliphatic carbocycles. The van der Waals surface area contributed by atoms with Crippen LogP contribution in [-0.4, -0.2) is 11.5 Å². The molecule has 1 atom stereocenters. The third-order valence-corrected chi connectivity index (χ3v) is 4.08. The highest BCUT2D eigenvalue weighted by atomic mass is 14.9. The molecule has 16 heavy (non-hydrogen) atoms. The van der Waals surface area contributed by atoms with Gasteiger partial charge in [-0.05, 0) is 43.7 Å². The number of nitrogens with one attached hydrogen (secondary N) is 1. The van der Waals surface area contributed by atoms with Crippen LogP contribution >= 0.6 is 0 Å². The monoisotopic (exact) mass is 218 g/mol. The molecule has 1 aromatic rings. The Bertz CT molecular complexity index is 311. The molecule has 88 valence electrons. The summed E-state index contributed by atoms with van der Waals surface area (Å²) in [4.78, 5) is 4.39. The molecule has 1 saturated carbocycles. The van der Waals surface area contributed by atoms with Crippen molar-refractivity contribution >= 4 is 0 Å². The minimum atomic E-state index is 0.366. The number of hydrogen-bond acceptors (Lipinski definition) is 2. The highest BCUT2D eigenvalue weighted by Crippen LogP contribution is 2.43. The molecule has 1 heterocycles. The number of hydrogen-bond donors (Lipinski definition) is 1. The molecular weight excluding hydrogens is 196 g/mol. The van der Waals surface area contributed by atoms with E-state index in [2.05, 4.69) is 36.3 Å². The van der Waals surface area contributed by atoms with Gasteiger partial charge in [-0.15, -0.1) is 0 Å². The normalized spacial score (nSPS) is 20.1. The summed E-state index contributed by atoms with van der Waals surface area (Å²) in [7, 11) is 0. The summed E-state index contributed by atoms with van der Waals surface area (Å²) >= 11 is 0. The number of nitrogens with zero attached hydrogens (tertiary/aromatic N) is 1. The molecule has 1 aliphatic rings. The van der Waals surface area contributed by atoms with E-state index in [1.165, 1.54) is 25.7 Å². The van der Waals surface area contributed by atoms with Crippen molar-refractivity contribution in [2.45, 2.75) is 45.6 Å². The van der Waals surface area contributed by atoms with E-state index >= 15 is 0 Å². The van der Waals surface area contributed by atoms with Crippen LogP contribution in [0.1, 0.15) is 51.3 Å². The van der Waals surface area contributed by atoms with Crippen molar-refractivity contribution in [1.82, 2.24) is 10.3 Å². The van der Waals surface area contributed by atoms with E-state index in [0.717, 1.165) is 12.2 Å². The van der Waals surface area contributed by atoms with E-state index in [9.17, 15) is 0 Å². The van der Waals surface area contributed by atoms with E-state index in [-0.39, 0.29) is 0 Å². The van der Waals surface area contributed by atoms with E-state index in [0.29, 0.717) is 11.5 Å². The lowest BCUT2D eigenvalue weighted by Gasteiger charge is -2.42. The van der Waals surface area contributed by atoms with Crippen molar-refractivity contribution in [3.8, 4) is 0 Å². The van der Waals surface area contributed by atoms with Crippen molar-refractivity contribution < 1.29 is 0 Å². The molecule has 0 saturated heterocycles. The second kappa shape index (κ2) is 4.96. The lowest BCUT2D eigenvalue weighted by atomic mass is 9.67. The van der Waals surface area contributed by atoms with Crippen molar-refractivity contribution in [2.24, 2.45) is 5.41 Å². The second-order valence-electron chi connectivity index (χ2n) is 5.06. The van der Waals surface area contributed by atoms with Crippen LogP contribution in [0.2, 0.25) is 0 Å². The van der Waals surface area contributed by atoms with E-state index in [1.54, 1.807) is 0 Å². The topological polar surface area (TPSA) is 24.9 Å². The number of aromatic nitrogens is 1. The molecule has 0 aliphatic heterocycles. The van der Waals surface area contributed by atoms with Crippen LogP contribution in [-0.2, 0) is 0 Å². The fraction of sp³-hybridized carbons (Fsp3) is 0.643. The predicted octanol–water partition coefficient (Wildman–Crippen LogP) is 3.31. The minimum absolute atomic E-state index is 0.366. The van der Waals surface area contributed by atoms with Gasteiger partial charge in [-0.2, -0.15) is 0 Å². The van der Waals surface area contributed by atoms with Gasteiger partial charge in [0.15, 0.2) is 0 Å². The third kappa shape index (κ3) is 2.43. The summed E-state index contributed by atoms with van der Waals surface area (Å²) in [5.41, 5.74) is 1.73. The van der Waals surface area contributed by atoms with Crippen LogP contribution in [0.25, 0.3) is 0 Å². The molecular formula is C14H22N2. The van der Waals surface area contributed by atoms with Gasteiger partial charge in [-0.25, -0.2) is 0 Å². The average Bonchev–Trinajstić information content (AvgIpc) is 2.29. The first-order chi connectivity index (χ1) is 7.76. The zero-order valence-electron chi connectivity index (χ0n) is 10.4. The Balaban J connectivity index is 1.86. The van der Waals surface area contributed by atoms with Crippen LogP contribution in [0.15, 0.2) is 24.4 Å². The van der Waals surface area contributed by atoms with Crippen molar-refractivity contribution in [3.05, 3.63) is 30.1 Å². The summed E-state index contributed by atoms with van der Waals surface area (Å²) in [6.07, 6.45) is 7.37. The van der Waals surface area contributed by atoms with Crippen LogP contribution in [0.3, 0.4) is 0 Å². The van der Waals surface area contributed by atoms with E-state index < -0.39 is 0 Å². The Hall–Kier alpha value is -0.890. The van der Waals surface area contributed by atoms with Crippen molar-refractivity contribution in [1.29, 1.82) is 0 Å². The zero-order chi connectivity index (χ0) is 11.4. The van der Waals surface area contributed by atoms with Gasteiger partial charge in [0.05, 0.1) is 5.69 Å². The summed E-state index contributed by atoms with van der Waals surface area (Å²) in [6.45, 7) is 5.65. The molecule has 1 fully saturated rings. The van der Waals surface area contributed by atoms with Gasteiger partial charge in [-0.3, -0.25) is 4.98 Å². The van der Waals surface area contributed by atoms with Gasteiger partial charge in [0, 0.05) is 18.8 Å². The van der Waals surface area contributed by atoms with Crippen LogP contribution in [0, 0.1) is 5.41 Å². The molecule has 0 bridgehead atoms. The molecule has 2 rings (SSSR count). The Labute approximate surface area is 98.5 Å². The standard InChI is InChI=1S/C14H22N2/c1-3-14(8-6-9-14)11-16-12(2)13-7-4-5-10-15-13/h4-5,7,10,12,16H,3,6,8-9,11H2,1-2H3. The average molecular weight is 218 g/mol. The Kier molecular flexibility index (Phi) is 3.59. The van der Waals surface area contributed by atoms with Gasteiger partial charge < -0.3 is 5.32 Å². The molecule has 0 spiro atoms. The molecule has 0 radical (unpaired) electrons. The minimum Gasteiger partial charge on any atom is -0.308 e. The van der Waals surface area contributed by atoms with Crippen molar-refractivity contribution in [3.63, 3.8) is 0 Å². The first kappa shape index (κ1) is 11.6. The third-order valence-electron chi connectivity index (χ3n) is 4.08. The summed E-state index contributed by atoms with van der Waals surface area (Å²) in [6, 6.07) is 6.48. The zero-order valence-corrected chi connectivity index (χ0v) is 10.4. The molecule has 1 N–H and O–H groups in total. The fourth-order valence-electron chi connectivity index (χ4n) is 2.44. The number of pyridine rings is 1. The summed E-state index contributed by atoms with van der Waals surface area (Å²) in [5, 5.41) is 3.63. The maximum Gasteiger partial charge on any atom is 0.0570 e. The van der Waals surface area contributed by atoms with E-state index in [1.807, 2.05) is 12.3 Å². The smallest absolute Gasteiger partial charge is 0.0570 e. The van der Waals surface area contributed by atoms with Gasteiger partial charge in [0.1, 0.15) is 0 Å². The predicted molar refractivity (Wildman–Crippen MR) is 67.2 cm³/mol. The first-order valence-corrected chi connectivity index (χ1v) is 6.40. The summed E-state index contributed by atoms with van der Waals surface area (Å²) < 4.78 is 0. The molecule has 2 heteroatoms. The lowest BCUT2D eigenvalue weighted by Crippen LogP contribution is -2.40. The van der Waals surface area contributed by atoms with Crippen molar-refractivity contribution in [2.75, 3.05) is 6.54 Å². The second-order valence-corrected chi connectivity index (χ2v) is 5.06. The van der Waals surface area contributed by atoms with Gasteiger partial charge >= 0.3 is 0 Å². The highest BCUT2D eigenvalue weighted by Gasteiger charge is 2.34. The lowest BCUT2D eigenvalue weighted by molar-refractivity contribution is 0.120. The highest BCUT2D eigenvalue weighted by molar-refractivity contribution is 5.07. The molecule has 2 nitrogen and oxygen atoms in total. The van der Waals surface area contributed by atoms with Gasteiger partial charge in [-0.1, -0.05) is 19.4 Å². The Morgan fingerprint density at radius 2 is 2.25 bits per heavy atom. The Morgan fingerprint density at radius 1 is 1.44 bits per heavy atom. The quantitative estimate of drug-likeness (QED) is 0.820. The molecule has 1 aromatic heterocycles. The molecule has 0 aromatic carbocycles. The maximum absolute atomic E-state index is 4.39. The fourth-order valence-corrected chi connectivity index (χ4v) is 2.44. The number of rotatable bonds is 5. The van der Waals surface area contributed by atoms with Gasteiger partial charge in [0.2, 0.25) is 0 Å². The van der Waals surface area contributed by atoms with E-state index in [4.69, 9.17) is 0 Å². The van der Waals surface area contributed by atoms with Crippen LogP contribution in [0.4, 0.5) is 0 Å². The SMILES string of the molecule is CCC1(CNC(C)c2ccccn2)CCC1. The Morgan fingerprint density at radius 3 is 2.75 bits per heavy atom. The molecule has 0 amide bonds. The van der Waals surface area contributed by atoms with Crippen LogP contribution < -0.4 is 5.32 Å². The molecule has 1 unspecified atom stereocenters. The largest absolute Gasteiger partial charge is 0.308 e. The summed E-state index contributed by atoms with van der Waals surface area (Å²) in [5.74, 6) is 0. The maximum atomic E-state index is 4.39.